The topological polar surface area (TPSA) is 55.9 Å². The Balaban J connectivity index is 1.57. The number of hydrogen-bond donors (Lipinski definition) is 1. The van der Waals surface area contributed by atoms with E-state index >= 15 is 0 Å². The van der Waals surface area contributed by atoms with Crippen molar-refractivity contribution in [3.05, 3.63) is 118 Å². The molecular weight excluding hydrogens is 568 g/mol. The van der Waals surface area contributed by atoms with E-state index in [0.29, 0.717) is 29.1 Å². The van der Waals surface area contributed by atoms with Crippen molar-refractivity contribution >= 4 is 34.7 Å². The Labute approximate surface area is 268 Å². The van der Waals surface area contributed by atoms with Crippen molar-refractivity contribution in [3.63, 3.8) is 0 Å². The van der Waals surface area contributed by atoms with Crippen LogP contribution in [-0.2, 0) is 4.79 Å². The van der Waals surface area contributed by atoms with E-state index in [-0.39, 0.29) is 17.9 Å². The van der Waals surface area contributed by atoms with E-state index in [2.05, 4.69) is 48.4 Å². The van der Waals surface area contributed by atoms with Gasteiger partial charge in [0.25, 0.3) is 5.91 Å². The third-order valence-electron chi connectivity index (χ3n) is 8.31. The lowest BCUT2D eigenvalue weighted by Gasteiger charge is -2.34. The summed E-state index contributed by atoms with van der Waals surface area (Å²) in [5, 5.41) is 3.89. The van der Waals surface area contributed by atoms with Gasteiger partial charge in [-0.25, -0.2) is 0 Å². The first-order chi connectivity index (χ1) is 21.1. The van der Waals surface area contributed by atoms with E-state index in [4.69, 9.17) is 11.6 Å². The number of halogens is 1. The Bertz CT molecular complexity index is 1460. The van der Waals surface area contributed by atoms with Crippen LogP contribution in [0.25, 0.3) is 5.57 Å². The van der Waals surface area contributed by atoms with Crippen molar-refractivity contribution in [3.8, 4) is 0 Å². The second-order valence-corrected chi connectivity index (χ2v) is 12.3. The highest BCUT2D eigenvalue weighted by Gasteiger charge is 2.30. The smallest absolute Gasteiger partial charge is 0.251 e. The zero-order chi connectivity index (χ0) is 31.8. The summed E-state index contributed by atoms with van der Waals surface area (Å²) in [6, 6.07) is 15.2. The normalized spacial score (nSPS) is 17.3. The van der Waals surface area contributed by atoms with E-state index < -0.39 is 0 Å². The minimum Gasteiger partial charge on any atom is -0.349 e. The van der Waals surface area contributed by atoms with E-state index in [1.165, 1.54) is 0 Å². The Morgan fingerprint density at radius 3 is 2.25 bits per heavy atom. The summed E-state index contributed by atoms with van der Waals surface area (Å²) in [4.78, 5) is 33.1. The second-order valence-electron chi connectivity index (χ2n) is 11.8. The lowest BCUT2D eigenvalue weighted by atomic mass is 9.90. The molecule has 0 atom stereocenters. The molecule has 2 aliphatic heterocycles. The van der Waals surface area contributed by atoms with Crippen molar-refractivity contribution < 1.29 is 9.59 Å². The molecule has 1 saturated heterocycles. The Morgan fingerprint density at radius 1 is 1.05 bits per heavy atom. The predicted molar refractivity (Wildman–Crippen MR) is 184 cm³/mol. The average molecular weight is 613 g/mol. The highest BCUT2D eigenvalue weighted by atomic mass is 35.5. The molecule has 1 fully saturated rings. The number of amides is 2. The fourth-order valence-electron chi connectivity index (χ4n) is 5.70. The molecule has 2 aromatic rings. The van der Waals surface area contributed by atoms with Crippen LogP contribution in [0.15, 0.2) is 102 Å². The highest BCUT2D eigenvalue weighted by molar-refractivity contribution is 6.30. The third kappa shape index (κ3) is 8.26. The van der Waals surface area contributed by atoms with Gasteiger partial charge in [0.2, 0.25) is 5.91 Å². The standard InChI is InChI=1S/C37H45ClN4O2/c1-7-27-13-18-35(43)42(36(27)34(26(3)4)25-28(8-2)29-9-14-31(38)15-10-29)33-16-11-30(12-17-33)37(44)39-32-19-21-41(22-20-32)24-23-40(5)6/h7-12,14-17,25,32H,1,3,13,18-24H2,2,4-6H3,(H,39,44)/b28-8+,34-25+. The molecule has 2 aliphatic rings. The number of anilines is 1. The first kappa shape index (κ1) is 33.2. The van der Waals surface area contributed by atoms with Gasteiger partial charge in [-0.1, -0.05) is 49.0 Å². The van der Waals surface area contributed by atoms with Crippen LogP contribution in [-0.4, -0.2) is 67.9 Å². The number of nitrogens with zero attached hydrogens (tertiary/aromatic N) is 3. The number of benzene rings is 2. The van der Waals surface area contributed by atoms with Crippen LogP contribution in [0, 0.1) is 0 Å². The molecule has 44 heavy (non-hydrogen) atoms. The number of rotatable bonds is 11. The number of carbonyl (C=O) groups excluding carboxylic acids is 2. The molecule has 0 aliphatic carbocycles. The summed E-state index contributed by atoms with van der Waals surface area (Å²) in [6.07, 6.45) is 8.80. The van der Waals surface area contributed by atoms with Gasteiger partial charge >= 0.3 is 0 Å². The molecule has 2 aromatic carbocycles. The predicted octanol–water partition coefficient (Wildman–Crippen LogP) is 7.27. The number of allylic oxidation sites excluding steroid dienone is 6. The number of likely N-dealkylation sites (N-methyl/N-ethyl adjacent to an activating group) is 1. The van der Waals surface area contributed by atoms with Gasteiger partial charge in [0.05, 0.1) is 5.70 Å². The molecule has 2 heterocycles. The Morgan fingerprint density at radius 2 is 1.68 bits per heavy atom. The first-order valence-corrected chi connectivity index (χ1v) is 15.8. The minimum absolute atomic E-state index is 0.00972. The maximum absolute atomic E-state index is 13.5. The lowest BCUT2D eigenvalue weighted by Crippen LogP contribution is -2.46. The molecule has 0 bridgehead atoms. The number of hydrogen-bond acceptors (Lipinski definition) is 4. The van der Waals surface area contributed by atoms with Gasteiger partial charge in [-0.3, -0.25) is 14.5 Å². The summed E-state index contributed by atoms with van der Waals surface area (Å²) in [6.45, 7) is 16.4. The molecule has 2 amide bonds. The van der Waals surface area contributed by atoms with Crippen LogP contribution >= 0.6 is 11.6 Å². The Kier molecular flexibility index (Phi) is 11.6. The van der Waals surface area contributed by atoms with Crippen LogP contribution < -0.4 is 10.2 Å². The SMILES string of the molecule is C=CC1=C(/C(=C/C(=C\C)c2ccc(Cl)cc2)C(=C)C)N(c2ccc(C(=O)NC3CCN(CCN(C)C)CC3)cc2)C(=O)CC1. The fraction of sp³-hybridized carbons (Fsp3) is 0.351. The zero-order valence-electron chi connectivity index (χ0n) is 26.5. The minimum atomic E-state index is -0.0842. The molecule has 7 heteroatoms. The van der Waals surface area contributed by atoms with Crippen molar-refractivity contribution in [1.29, 1.82) is 0 Å². The summed E-state index contributed by atoms with van der Waals surface area (Å²) in [5.74, 6) is -0.0940. The van der Waals surface area contributed by atoms with Crippen molar-refractivity contribution in [2.24, 2.45) is 0 Å². The van der Waals surface area contributed by atoms with Crippen LogP contribution in [0.5, 0.6) is 0 Å². The summed E-state index contributed by atoms with van der Waals surface area (Å²) < 4.78 is 0. The van der Waals surface area contributed by atoms with Gasteiger partial charge in [-0.05, 0) is 112 Å². The molecule has 1 N–H and O–H groups in total. The zero-order valence-corrected chi connectivity index (χ0v) is 27.3. The van der Waals surface area contributed by atoms with E-state index in [9.17, 15) is 9.59 Å². The summed E-state index contributed by atoms with van der Waals surface area (Å²) in [7, 11) is 4.18. The van der Waals surface area contributed by atoms with Crippen molar-refractivity contribution in [2.75, 3.05) is 45.2 Å². The van der Waals surface area contributed by atoms with Crippen molar-refractivity contribution in [1.82, 2.24) is 15.1 Å². The number of likely N-dealkylation sites (tertiary alicyclic amines) is 1. The van der Waals surface area contributed by atoms with Crippen LogP contribution in [0.1, 0.15) is 55.5 Å². The van der Waals surface area contributed by atoms with Gasteiger partial charge in [0.15, 0.2) is 0 Å². The quantitative estimate of drug-likeness (QED) is 0.271. The second kappa shape index (κ2) is 15.3. The number of piperidine rings is 1. The van der Waals surface area contributed by atoms with Crippen molar-refractivity contribution in [2.45, 2.75) is 45.6 Å². The first-order valence-electron chi connectivity index (χ1n) is 15.4. The maximum Gasteiger partial charge on any atom is 0.251 e. The van der Waals surface area contributed by atoms with Gasteiger partial charge < -0.3 is 15.1 Å². The molecule has 232 valence electrons. The molecule has 0 unspecified atom stereocenters. The molecule has 0 aromatic heterocycles. The number of nitrogens with one attached hydrogen (secondary N) is 1. The largest absolute Gasteiger partial charge is 0.349 e. The Hall–Kier alpha value is -3.71. The van der Waals surface area contributed by atoms with E-state index in [1.54, 1.807) is 17.0 Å². The van der Waals surface area contributed by atoms with Crippen LogP contribution in [0.2, 0.25) is 5.02 Å². The molecule has 0 saturated carbocycles. The molecule has 6 nitrogen and oxygen atoms in total. The van der Waals surface area contributed by atoms with E-state index in [1.807, 2.05) is 62.4 Å². The van der Waals surface area contributed by atoms with Gasteiger partial charge in [-0.2, -0.15) is 0 Å². The highest BCUT2D eigenvalue weighted by Crippen LogP contribution is 2.37. The van der Waals surface area contributed by atoms with Crippen LogP contribution in [0.3, 0.4) is 0 Å². The lowest BCUT2D eigenvalue weighted by molar-refractivity contribution is -0.118. The molecule has 0 radical (unpaired) electrons. The number of carbonyl (C=O) groups is 2. The average Bonchev–Trinajstić information content (AvgIpc) is 3.01. The van der Waals surface area contributed by atoms with Gasteiger partial charge in [0, 0.05) is 60.5 Å². The summed E-state index contributed by atoms with van der Waals surface area (Å²) in [5.41, 5.74) is 6.72. The fourth-order valence-corrected chi connectivity index (χ4v) is 5.83. The molecular formula is C37H45ClN4O2. The summed E-state index contributed by atoms with van der Waals surface area (Å²) >= 11 is 6.14. The van der Waals surface area contributed by atoms with Crippen LogP contribution in [0.4, 0.5) is 5.69 Å². The monoisotopic (exact) mass is 612 g/mol. The van der Waals surface area contributed by atoms with Gasteiger partial charge in [-0.15, -0.1) is 0 Å². The van der Waals surface area contributed by atoms with E-state index in [0.717, 1.165) is 72.6 Å². The molecule has 0 spiro atoms. The molecule has 4 rings (SSSR count). The maximum atomic E-state index is 13.5. The third-order valence-corrected chi connectivity index (χ3v) is 8.56. The van der Waals surface area contributed by atoms with Gasteiger partial charge in [0.1, 0.15) is 0 Å².